The second-order valence-corrected chi connectivity index (χ2v) is 16.3. The molecule has 19 heteroatoms. The molecule has 2 bridgehead atoms. The molecular formula is C38H38F6N6O6S. The molecule has 2 atom stereocenters. The number of alkyl halides is 4. The van der Waals surface area contributed by atoms with Gasteiger partial charge in [-0.3, -0.25) is 10.2 Å². The molecule has 3 aliphatic rings. The minimum absolute atomic E-state index is 0.100. The highest BCUT2D eigenvalue weighted by Crippen LogP contribution is 2.49. The third-order valence-electron chi connectivity index (χ3n) is 9.88. The standard InChI is InChI=1S/C38H38F6N6O6S/c1-5-6-11-54-35(52)50-19-7-8-20(50)15-49(14-19)31-22-12-24(38(42,43)44)27(28(40)29(22)46-33(47-31)55-18-37(41)16-53-17-37)21-9-10-25(39)30-26(21)23(13-45)32(57-30)48-34(51)56-36(2,3)4/h9-10,12,19-20H,5-8,11,14-18H2,1-4H3,(H,48,51). The van der Waals surface area contributed by atoms with Gasteiger partial charge in [0, 0.05) is 29.4 Å². The Balaban J connectivity index is 1.39. The summed E-state index contributed by atoms with van der Waals surface area (Å²) in [6.07, 6.45) is -4.10. The molecule has 1 N–H and O–H groups in total. The number of hydrogen-bond donors (Lipinski definition) is 1. The highest BCUT2D eigenvalue weighted by atomic mass is 32.1. The summed E-state index contributed by atoms with van der Waals surface area (Å²) in [5.74, 6) is -2.58. The van der Waals surface area contributed by atoms with Crippen molar-refractivity contribution in [3.8, 4) is 23.2 Å². The molecule has 5 heterocycles. The molecule has 12 nitrogen and oxygen atoms in total. The first-order chi connectivity index (χ1) is 26.9. The van der Waals surface area contributed by atoms with Crippen molar-refractivity contribution in [3.05, 3.63) is 41.0 Å². The first kappa shape index (κ1) is 40.1. The number of piperazine rings is 1. The summed E-state index contributed by atoms with van der Waals surface area (Å²) < 4.78 is 114. The van der Waals surface area contributed by atoms with Crippen LogP contribution in [0.15, 0.2) is 18.2 Å². The number of aromatic nitrogens is 2. The molecular weight excluding hydrogens is 783 g/mol. The molecule has 3 aliphatic heterocycles. The van der Waals surface area contributed by atoms with Crippen LogP contribution in [0, 0.1) is 23.0 Å². The molecule has 2 aromatic carbocycles. The number of carbonyl (C=O) groups excluding carboxylic acids is 2. The highest BCUT2D eigenvalue weighted by Gasteiger charge is 2.46. The fourth-order valence-electron chi connectivity index (χ4n) is 7.31. The van der Waals surface area contributed by atoms with E-state index >= 15 is 26.3 Å². The Labute approximate surface area is 326 Å². The third-order valence-corrected chi connectivity index (χ3v) is 11.0. The van der Waals surface area contributed by atoms with E-state index in [2.05, 4.69) is 15.3 Å². The van der Waals surface area contributed by atoms with Gasteiger partial charge < -0.3 is 23.8 Å². The number of carbonyl (C=O) groups is 2. The molecule has 0 radical (unpaired) electrons. The van der Waals surface area contributed by atoms with E-state index in [4.69, 9.17) is 18.9 Å². The zero-order chi connectivity index (χ0) is 41.0. The lowest BCUT2D eigenvalue weighted by atomic mass is 9.92. The van der Waals surface area contributed by atoms with E-state index in [0.717, 1.165) is 18.6 Å². The van der Waals surface area contributed by atoms with Gasteiger partial charge in [0.25, 0.3) is 0 Å². The Bertz CT molecular complexity index is 2270. The van der Waals surface area contributed by atoms with Crippen LogP contribution in [-0.4, -0.2) is 89.9 Å². The Kier molecular flexibility index (Phi) is 10.6. The van der Waals surface area contributed by atoms with Crippen molar-refractivity contribution in [2.75, 3.05) is 49.7 Å². The topological polar surface area (TPSA) is 139 Å². The Morgan fingerprint density at radius 1 is 1.12 bits per heavy atom. The molecule has 2 aromatic heterocycles. The number of nitrogens with zero attached hydrogens (tertiary/aromatic N) is 5. The van der Waals surface area contributed by atoms with E-state index < -0.39 is 93.7 Å². The van der Waals surface area contributed by atoms with E-state index in [9.17, 15) is 14.9 Å². The maximum atomic E-state index is 17.3. The summed E-state index contributed by atoms with van der Waals surface area (Å²) in [7, 11) is 0. The molecule has 2 unspecified atom stereocenters. The Hall–Kier alpha value is -5.09. The second-order valence-electron chi connectivity index (χ2n) is 15.3. The summed E-state index contributed by atoms with van der Waals surface area (Å²) >= 11 is 0.567. The predicted octanol–water partition coefficient (Wildman–Crippen LogP) is 8.73. The predicted molar refractivity (Wildman–Crippen MR) is 197 cm³/mol. The number of benzene rings is 2. The van der Waals surface area contributed by atoms with Gasteiger partial charge in [-0.25, -0.2) is 22.8 Å². The number of fused-ring (bicyclic) bond motifs is 4. The van der Waals surface area contributed by atoms with Crippen molar-refractivity contribution >= 4 is 55.3 Å². The molecule has 0 aliphatic carbocycles. The molecule has 0 spiro atoms. The lowest BCUT2D eigenvalue weighted by Crippen LogP contribution is -2.56. The van der Waals surface area contributed by atoms with Crippen LogP contribution in [0.3, 0.4) is 0 Å². The van der Waals surface area contributed by atoms with E-state index in [1.807, 2.05) is 13.0 Å². The maximum absolute atomic E-state index is 17.3. The van der Waals surface area contributed by atoms with E-state index in [1.165, 1.54) is 0 Å². The fraction of sp³-hybridized carbons (Fsp3) is 0.500. The number of thiophene rings is 1. The van der Waals surface area contributed by atoms with Crippen LogP contribution in [0.1, 0.15) is 64.5 Å². The van der Waals surface area contributed by atoms with Crippen LogP contribution in [0.2, 0.25) is 0 Å². The lowest BCUT2D eigenvalue weighted by molar-refractivity contribution is -0.147. The van der Waals surface area contributed by atoms with Crippen LogP contribution >= 0.6 is 11.3 Å². The maximum Gasteiger partial charge on any atom is 0.417 e. The van der Waals surface area contributed by atoms with Gasteiger partial charge in [-0.05, 0) is 57.7 Å². The number of halogens is 6. The number of amides is 2. The van der Waals surface area contributed by atoms with Crippen molar-refractivity contribution in [1.29, 1.82) is 5.26 Å². The van der Waals surface area contributed by atoms with E-state index in [-0.39, 0.29) is 59.2 Å². The van der Waals surface area contributed by atoms with Crippen LogP contribution in [-0.2, 0) is 20.4 Å². The van der Waals surface area contributed by atoms with Gasteiger partial charge in [-0.2, -0.15) is 28.4 Å². The minimum atomic E-state index is -5.22. The second kappa shape index (κ2) is 15.0. The quantitative estimate of drug-likeness (QED) is 0.129. The molecule has 0 saturated carbocycles. The molecule has 2 amide bonds. The number of nitriles is 1. The van der Waals surface area contributed by atoms with Gasteiger partial charge in [0.05, 0.1) is 47.7 Å². The summed E-state index contributed by atoms with van der Waals surface area (Å²) in [6, 6.07) is 2.92. The summed E-state index contributed by atoms with van der Waals surface area (Å²) in [6.45, 7) is 5.98. The molecule has 7 rings (SSSR count). The number of hydrogen-bond acceptors (Lipinski definition) is 11. The first-order valence-electron chi connectivity index (χ1n) is 18.3. The number of anilines is 2. The van der Waals surface area contributed by atoms with E-state index in [0.29, 0.717) is 36.7 Å². The van der Waals surface area contributed by atoms with Crippen molar-refractivity contribution < 1.29 is 54.9 Å². The number of unbranched alkanes of at least 4 members (excludes halogenated alkanes) is 1. The number of ether oxygens (including phenoxy) is 4. The number of nitrogens with one attached hydrogen (secondary N) is 1. The zero-order valence-electron chi connectivity index (χ0n) is 31.3. The smallest absolute Gasteiger partial charge is 0.417 e. The van der Waals surface area contributed by atoms with Crippen molar-refractivity contribution in [3.63, 3.8) is 0 Å². The van der Waals surface area contributed by atoms with Gasteiger partial charge >= 0.3 is 24.4 Å². The summed E-state index contributed by atoms with van der Waals surface area (Å²) in [4.78, 5) is 37.5. The molecule has 304 valence electrons. The molecule has 3 saturated heterocycles. The number of rotatable bonds is 9. The van der Waals surface area contributed by atoms with Gasteiger partial charge in [-0.1, -0.05) is 19.4 Å². The van der Waals surface area contributed by atoms with Crippen molar-refractivity contribution in [2.45, 2.75) is 82.9 Å². The average molecular weight is 821 g/mol. The highest BCUT2D eigenvalue weighted by molar-refractivity contribution is 7.23. The van der Waals surface area contributed by atoms with Gasteiger partial charge in [-0.15, -0.1) is 11.3 Å². The van der Waals surface area contributed by atoms with Crippen LogP contribution in [0.25, 0.3) is 32.1 Å². The largest absolute Gasteiger partial charge is 0.460 e. The lowest BCUT2D eigenvalue weighted by Gasteiger charge is -2.41. The van der Waals surface area contributed by atoms with Crippen LogP contribution in [0.5, 0.6) is 6.01 Å². The van der Waals surface area contributed by atoms with Gasteiger partial charge in [0.2, 0.25) is 0 Å². The van der Waals surface area contributed by atoms with E-state index in [1.54, 1.807) is 30.6 Å². The third kappa shape index (κ3) is 7.81. The van der Waals surface area contributed by atoms with Gasteiger partial charge in [0.15, 0.2) is 11.5 Å². The average Bonchev–Trinajstić information content (AvgIpc) is 3.62. The summed E-state index contributed by atoms with van der Waals surface area (Å²) in [5.41, 5.74) is -6.95. The monoisotopic (exact) mass is 820 g/mol. The molecule has 3 fully saturated rings. The first-order valence-corrected chi connectivity index (χ1v) is 19.1. The SMILES string of the molecule is CCCCOC(=O)N1C2CCC1CN(c1nc(OCC3(F)COC3)nc3c(F)c(-c4ccc(F)c5sc(NC(=O)OC(C)(C)C)c(C#N)c45)c(C(F)(F)F)cc13)C2. The van der Waals surface area contributed by atoms with Crippen molar-refractivity contribution in [2.24, 2.45) is 0 Å². The van der Waals surface area contributed by atoms with Crippen molar-refractivity contribution in [1.82, 2.24) is 14.9 Å². The van der Waals surface area contributed by atoms with Gasteiger partial charge in [0.1, 0.15) is 40.4 Å². The van der Waals surface area contributed by atoms with Crippen LogP contribution in [0.4, 0.5) is 46.8 Å². The molecule has 57 heavy (non-hydrogen) atoms. The molecule has 4 aromatic rings. The Morgan fingerprint density at radius 2 is 1.82 bits per heavy atom. The Morgan fingerprint density at radius 3 is 2.42 bits per heavy atom. The van der Waals surface area contributed by atoms with Crippen LogP contribution < -0.4 is 15.0 Å². The summed E-state index contributed by atoms with van der Waals surface area (Å²) in [5, 5.41) is 11.6. The zero-order valence-corrected chi connectivity index (χ0v) is 32.1. The minimum Gasteiger partial charge on any atom is -0.460 e. The fourth-order valence-corrected chi connectivity index (χ4v) is 8.38. The normalized spacial score (nSPS) is 19.0.